The van der Waals surface area contributed by atoms with Crippen LogP contribution in [-0.2, 0) is 4.74 Å². The maximum atomic E-state index is 13.4. The van der Waals surface area contributed by atoms with Crippen molar-refractivity contribution in [2.45, 2.75) is 44.2 Å². The number of nitrogens with zero attached hydrogens (tertiary/aromatic N) is 2. The normalized spacial score (nSPS) is 21.1. The Bertz CT molecular complexity index is 626. The van der Waals surface area contributed by atoms with E-state index in [0.717, 1.165) is 44.1 Å². The molecule has 0 unspecified atom stereocenters. The second kappa shape index (κ2) is 9.37. The minimum atomic E-state index is -0.763. The van der Waals surface area contributed by atoms with E-state index in [2.05, 4.69) is 20.5 Å². The van der Waals surface area contributed by atoms with Crippen molar-refractivity contribution in [3.63, 3.8) is 0 Å². The third-order valence-corrected chi connectivity index (χ3v) is 5.31. The van der Waals surface area contributed by atoms with Crippen LogP contribution in [0.2, 0.25) is 0 Å². The number of anilines is 1. The standard InChI is InChI=1S/C20H31FN4O2/c1-2-22-19(23-15-20(26)8-12-27-13-9-20)24-17-6-10-25(11-7-17)18-5-3-4-16(21)14-18/h3-5,14,17,26H,2,6-13,15H2,1H3,(H2,22,23,24). The van der Waals surface area contributed by atoms with E-state index in [1.165, 1.54) is 6.07 Å². The number of piperidine rings is 1. The van der Waals surface area contributed by atoms with Gasteiger partial charge in [-0.3, -0.25) is 4.99 Å². The molecule has 2 saturated heterocycles. The van der Waals surface area contributed by atoms with Crippen molar-refractivity contribution in [2.75, 3.05) is 44.3 Å². The van der Waals surface area contributed by atoms with E-state index in [-0.39, 0.29) is 5.82 Å². The van der Waals surface area contributed by atoms with Crippen molar-refractivity contribution >= 4 is 11.6 Å². The van der Waals surface area contributed by atoms with Gasteiger partial charge >= 0.3 is 0 Å². The highest BCUT2D eigenvalue weighted by molar-refractivity contribution is 5.80. The van der Waals surface area contributed by atoms with Crippen molar-refractivity contribution in [2.24, 2.45) is 4.99 Å². The van der Waals surface area contributed by atoms with Gasteiger partial charge in [-0.25, -0.2) is 4.39 Å². The Morgan fingerprint density at radius 2 is 2.07 bits per heavy atom. The average Bonchev–Trinajstić information content (AvgIpc) is 2.68. The fraction of sp³-hybridized carbons (Fsp3) is 0.650. The monoisotopic (exact) mass is 378 g/mol. The maximum absolute atomic E-state index is 13.4. The zero-order valence-corrected chi connectivity index (χ0v) is 16.1. The summed E-state index contributed by atoms with van der Waals surface area (Å²) in [7, 11) is 0. The number of hydrogen-bond donors (Lipinski definition) is 3. The Morgan fingerprint density at radius 1 is 1.33 bits per heavy atom. The number of ether oxygens (including phenoxy) is 1. The predicted molar refractivity (Wildman–Crippen MR) is 106 cm³/mol. The molecule has 1 aromatic rings. The lowest BCUT2D eigenvalue weighted by atomic mass is 9.95. The number of halogens is 1. The van der Waals surface area contributed by atoms with E-state index >= 15 is 0 Å². The summed E-state index contributed by atoms with van der Waals surface area (Å²) in [5.41, 5.74) is 0.178. The molecule has 0 saturated carbocycles. The van der Waals surface area contributed by atoms with Crippen LogP contribution in [-0.4, -0.2) is 62.1 Å². The second-order valence-corrected chi connectivity index (χ2v) is 7.42. The number of aliphatic imine (C=N–C) groups is 1. The minimum absolute atomic E-state index is 0.194. The van der Waals surface area contributed by atoms with E-state index in [9.17, 15) is 9.50 Å². The summed E-state index contributed by atoms with van der Waals surface area (Å²) in [4.78, 5) is 6.84. The van der Waals surface area contributed by atoms with Crippen LogP contribution in [0, 0.1) is 5.82 Å². The molecule has 0 amide bonds. The fourth-order valence-corrected chi connectivity index (χ4v) is 3.60. The number of rotatable bonds is 5. The van der Waals surface area contributed by atoms with E-state index in [4.69, 9.17) is 4.74 Å². The molecule has 0 aliphatic carbocycles. The van der Waals surface area contributed by atoms with Gasteiger partial charge < -0.3 is 25.4 Å². The maximum Gasteiger partial charge on any atom is 0.191 e. The Hall–Kier alpha value is -1.86. The highest BCUT2D eigenvalue weighted by atomic mass is 19.1. The molecule has 6 nitrogen and oxygen atoms in total. The number of guanidine groups is 1. The van der Waals surface area contributed by atoms with Gasteiger partial charge in [-0.2, -0.15) is 0 Å². The predicted octanol–water partition coefficient (Wildman–Crippen LogP) is 1.89. The zero-order valence-electron chi connectivity index (χ0n) is 16.1. The molecule has 0 atom stereocenters. The topological polar surface area (TPSA) is 69.1 Å². The lowest BCUT2D eigenvalue weighted by Crippen LogP contribution is -2.49. The van der Waals surface area contributed by atoms with Crippen LogP contribution in [0.15, 0.2) is 29.3 Å². The quantitative estimate of drug-likeness (QED) is 0.539. The summed E-state index contributed by atoms with van der Waals surface area (Å²) in [6.45, 7) is 6.13. The molecule has 0 spiro atoms. The highest BCUT2D eigenvalue weighted by Gasteiger charge is 2.30. The van der Waals surface area contributed by atoms with Crippen LogP contribution in [0.4, 0.5) is 10.1 Å². The molecule has 2 aliphatic heterocycles. The summed E-state index contributed by atoms with van der Waals surface area (Å²) in [5.74, 6) is 0.557. The summed E-state index contributed by atoms with van der Waals surface area (Å²) >= 11 is 0. The Labute approximate surface area is 160 Å². The van der Waals surface area contributed by atoms with Crippen LogP contribution in [0.5, 0.6) is 0 Å². The number of nitrogens with one attached hydrogen (secondary N) is 2. The zero-order chi connectivity index (χ0) is 19.1. The molecular formula is C20H31FN4O2. The van der Waals surface area contributed by atoms with E-state index in [1.54, 1.807) is 12.1 Å². The summed E-state index contributed by atoms with van der Waals surface area (Å²) in [5, 5.41) is 17.4. The van der Waals surface area contributed by atoms with Gasteiger partial charge in [-0.15, -0.1) is 0 Å². The minimum Gasteiger partial charge on any atom is -0.388 e. The van der Waals surface area contributed by atoms with Crippen molar-refractivity contribution in [1.29, 1.82) is 0 Å². The van der Waals surface area contributed by atoms with Crippen LogP contribution < -0.4 is 15.5 Å². The van der Waals surface area contributed by atoms with Crippen LogP contribution in [0.3, 0.4) is 0 Å². The Balaban J connectivity index is 1.52. The van der Waals surface area contributed by atoms with Gasteiger partial charge in [0.25, 0.3) is 0 Å². The largest absolute Gasteiger partial charge is 0.388 e. The molecular weight excluding hydrogens is 347 g/mol. The first-order chi connectivity index (χ1) is 13.1. The van der Waals surface area contributed by atoms with Gasteiger partial charge in [0, 0.05) is 57.4 Å². The van der Waals surface area contributed by atoms with E-state index < -0.39 is 5.60 Å². The van der Waals surface area contributed by atoms with Gasteiger partial charge in [0.2, 0.25) is 0 Å². The van der Waals surface area contributed by atoms with Crippen LogP contribution in [0.25, 0.3) is 0 Å². The molecule has 2 heterocycles. The van der Waals surface area contributed by atoms with Crippen molar-refractivity contribution in [1.82, 2.24) is 10.6 Å². The first-order valence-electron chi connectivity index (χ1n) is 9.93. The molecule has 1 aromatic carbocycles. The summed E-state index contributed by atoms with van der Waals surface area (Å²) < 4.78 is 18.8. The van der Waals surface area contributed by atoms with E-state index in [0.29, 0.717) is 38.6 Å². The molecule has 0 radical (unpaired) electrons. The number of hydrogen-bond acceptors (Lipinski definition) is 4. The molecule has 2 fully saturated rings. The molecule has 27 heavy (non-hydrogen) atoms. The molecule has 0 bridgehead atoms. The molecule has 3 N–H and O–H groups in total. The van der Waals surface area contributed by atoms with Crippen LogP contribution in [0.1, 0.15) is 32.6 Å². The van der Waals surface area contributed by atoms with Gasteiger partial charge in [0.05, 0.1) is 12.1 Å². The van der Waals surface area contributed by atoms with Crippen LogP contribution >= 0.6 is 0 Å². The first kappa shape index (κ1) is 19.9. The molecule has 3 rings (SSSR count). The molecule has 7 heteroatoms. The first-order valence-corrected chi connectivity index (χ1v) is 9.93. The number of aliphatic hydroxyl groups is 1. The smallest absolute Gasteiger partial charge is 0.191 e. The average molecular weight is 378 g/mol. The van der Waals surface area contributed by atoms with Crippen molar-refractivity contribution < 1.29 is 14.2 Å². The highest BCUT2D eigenvalue weighted by Crippen LogP contribution is 2.22. The van der Waals surface area contributed by atoms with Gasteiger partial charge in [0.1, 0.15) is 5.82 Å². The molecule has 150 valence electrons. The molecule has 0 aromatic heterocycles. The lowest BCUT2D eigenvalue weighted by molar-refractivity contribution is -0.0566. The lowest BCUT2D eigenvalue weighted by Gasteiger charge is -2.35. The van der Waals surface area contributed by atoms with Crippen molar-refractivity contribution in [3.8, 4) is 0 Å². The molecule has 2 aliphatic rings. The van der Waals surface area contributed by atoms with Gasteiger partial charge in [0.15, 0.2) is 5.96 Å². The summed E-state index contributed by atoms with van der Waals surface area (Å²) in [6.07, 6.45) is 3.17. The van der Waals surface area contributed by atoms with Crippen molar-refractivity contribution in [3.05, 3.63) is 30.1 Å². The Morgan fingerprint density at radius 3 is 2.74 bits per heavy atom. The summed E-state index contributed by atoms with van der Waals surface area (Å²) in [6, 6.07) is 7.09. The Kier molecular flexibility index (Phi) is 6.90. The number of benzene rings is 1. The third kappa shape index (κ3) is 5.81. The van der Waals surface area contributed by atoms with E-state index in [1.807, 2.05) is 13.0 Å². The second-order valence-electron chi connectivity index (χ2n) is 7.42. The van der Waals surface area contributed by atoms with Gasteiger partial charge in [-0.05, 0) is 38.0 Å². The van der Waals surface area contributed by atoms with Gasteiger partial charge in [-0.1, -0.05) is 6.07 Å². The SMILES string of the molecule is CCNC(=NCC1(O)CCOCC1)NC1CCN(c2cccc(F)c2)CC1. The third-order valence-electron chi connectivity index (χ3n) is 5.31. The fourth-order valence-electron chi connectivity index (χ4n) is 3.60.